The Kier molecular flexibility index (Phi) is 4.83. The quantitative estimate of drug-likeness (QED) is 0.691. The third-order valence-electron chi connectivity index (χ3n) is 3.29. The summed E-state index contributed by atoms with van der Waals surface area (Å²) in [5, 5.41) is 12.4. The Morgan fingerprint density at radius 2 is 2.24 bits per heavy atom. The van der Waals surface area contributed by atoms with E-state index in [1.165, 1.54) is 24.5 Å². The Balaban J connectivity index is 1.99. The van der Waals surface area contributed by atoms with Crippen molar-refractivity contribution in [2.45, 2.75) is 20.0 Å². The van der Waals surface area contributed by atoms with Gasteiger partial charge in [-0.3, -0.25) is 4.79 Å². The first kappa shape index (κ1) is 17.1. The number of carbonyl (C=O) groups excluding carboxylic acids is 1. The Bertz CT molecular complexity index is 996. The van der Waals surface area contributed by atoms with Crippen LogP contribution in [0, 0.1) is 11.3 Å². The number of amides is 1. The molecule has 2 aromatic heterocycles. The molecule has 1 aromatic carbocycles. The molecule has 3 rings (SSSR count). The van der Waals surface area contributed by atoms with Gasteiger partial charge in [0.1, 0.15) is 17.0 Å². The maximum atomic E-state index is 11.2. The standard InChI is InChI=1S/C17H13ClN4O2S/c1-9(7-19)24-12-6-13(16(18)20-8-12)11-3-4-14-15(5-11)25-17(22-14)21-10(2)23/h3-6,8-9H,1-2H3,(H,21,22,23). The van der Waals surface area contributed by atoms with Crippen LogP contribution in [0.1, 0.15) is 13.8 Å². The number of hydrogen-bond donors (Lipinski definition) is 1. The minimum Gasteiger partial charge on any atom is -0.474 e. The van der Waals surface area contributed by atoms with Crippen molar-refractivity contribution in [2.75, 3.05) is 5.32 Å². The highest BCUT2D eigenvalue weighted by atomic mass is 35.5. The van der Waals surface area contributed by atoms with E-state index in [2.05, 4.69) is 15.3 Å². The molecule has 6 nitrogen and oxygen atoms in total. The third-order valence-corrected chi connectivity index (χ3v) is 4.53. The van der Waals surface area contributed by atoms with Crippen LogP contribution >= 0.6 is 22.9 Å². The van der Waals surface area contributed by atoms with Crippen LogP contribution in [0.2, 0.25) is 5.15 Å². The number of halogens is 1. The summed E-state index contributed by atoms with van der Waals surface area (Å²) in [6, 6.07) is 9.42. The maximum absolute atomic E-state index is 11.2. The Hall–Kier alpha value is -2.69. The average molecular weight is 373 g/mol. The van der Waals surface area contributed by atoms with E-state index in [1.54, 1.807) is 13.0 Å². The van der Waals surface area contributed by atoms with Gasteiger partial charge in [0.2, 0.25) is 5.91 Å². The summed E-state index contributed by atoms with van der Waals surface area (Å²) in [7, 11) is 0. The summed E-state index contributed by atoms with van der Waals surface area (Å²) >= 11 is 7.60. The highest BCUT2D eigenvalue weighted by Crippen LogP contribution is 2.34. The number of benzene rings is 1. The molecular weight excluding hydrogens is 360 g/mol. The first-order valence-corrected chi connectivity index (χ1v) is 8.56. The topological polar surface area (TPSA) is 87.9 Å². The van der Waals surface area contributed by atoms with Gasteiger partial charge in [0, 0.05) is 12.5 Å². The van der Waals surface area contributed by atoms with Crippen LogP contribution in [0.4, 0.5) is 5.13 Å². The van der Waals surface area contributed by atoms with E-state index in [4.69, 9.17) is 21.6 Å². The fourth-order valence-corrected chi connectivity index (χ4v) is 3.39. The average Bonchev–Trinajstić information content (AvgIpc) is 2.96. The summed E-state index contributed by atoms with van der Waals surface area (Å²) in [6.07, 6.45) is 0.903. The number of ether oxygens (including phenoxy) is 1. The molecule has 8 heteroatoms. The molecule has 0 spiro atoms. The molecule has 3 aromatic rings. The van der Waals surface area contributed by atoms with Gasteiger partial charge in [0.05, 0.1) is 16.4 Å². The molecule has 1 unspecified atom stereocenters. The van der Waals surface area contributed by atoms with Crippen molar-refractivity contribution in [3.63, 3.8) is 0 Å². The van der Waals surface area contributed by atoms with Gasteiger partial charge >= 0.3 is 0 Å². The third kappa shape index (κ3) is 3.87. The summed E-state index contributed by atoms with van der Waals surface area (Å²) in [6.45, 7) is 3.10. The van der Waals surface area contributed by atoms with E-state index < -0.39 is 6.10 Å². The summed E-state index contributed by atoms with van der Waals surface area (Å²) in [5.74, 6) is 0.305. The molecule has 0 aliphatic heterocycles. The zero-order valence-corrected chi connectivity index (χ0v) is 15.0. The second-order valence-corrected chi connectivity index (χ2v) is 6.67. The van der Waals surface area contributed by atoms with Crippen molar-refractivity contribution < 1.29 is 9.53 Å². The van der Waals surface area contributed by atoms with Crippen molar-refractivity contribution in [3.8, 4) is 22.9 Å². The molecule has 1 N–H and O–H groups in total. The van der Waals surface area contributed by atoms with Gasteiger partial charge in [0.15, 0.2) is 11.2 Å². The lowest BCUT2D eigenvalue weighted by molar-refractivity contribution is -0.114. The minimum atomic E-state index is -0.583. The second-order valence-electron chi connectivity index (χ2n) is 5.28. The molecule has 0 aliphatic rings. The molecule has 0 saturated heterocycles. The largest absolute Gasteiger partial charge is 0.474 e. The van der Waals surface area contributed by atoms with Crippen molar-refractivity contribution >= 4 is 44.2 Å². The predicted molar refractivity (Wildman–Crippen MR) is 97.9 cm³/mol. The monoisotopic (exact) mass is 372 g/mol. The van der Waals surface area contributed by atoms with Crippen LogP contribution < -0.4 is 10.1 Å². The number of nitrogens with zero attached hydrogens (tertiary/aromatic N) is 3. The number of thiazole rings is 1. The van der Waals surface area contributed by atoms with Gasteiger partial charge in [-0.25, -0.2) is 9.97 Å². The number of nitrogens with one attached hydrogen (secondary N) is 1. The maximum Gasteiger partial charge on any atom is 0.223 e. The molecule has 0 aliphatic carbocycles. The smallest absolute Gasteiger partial charge is 0.223 e. The highest BCUT2D eigenvalue weighted by molar-refractivity contribution is 7.22. The Morgan fingerprint density at radius 3 is 2.96 bits per heavy atom. The fraction of sp³-hybridized carbons (Fsp3) is 0.176. The van der Waals surface area contributed by atoms with Crippen LogP contribution in [-0.2, 0) is 4.79 Å². The second kappa shape index (κ2) is 7.05. The van der Waals surface area contributed by atoms with E-state index in [-0.39, 0.29) is 5.91 Å². The van der Waals surface area contributed by atoms with Gasteiger partial charge in [-0.2, -0.15) is 5.26 Å². The number of rotatable bonds is 4. The van der Waals surface area contributed by atoms with Crippen LogP contribution in [0.5, 0.6) is 5.75 Å². The molecular formula is C17H13ClN4O2S. The number of fused-ring (bicyclic) bond motifs is 1. The summed E-state index contributed by atoms with van der Waals surface area (Å²) in [4.78, 5) is 19.7. The van der Waals surface area contributed by atoms with E-state index in [9.17, 15) is 4.79 Å². The number of pyridine rings is 1. The van der Waals surface area contributed by atoms with Gasteiger partial charge in [-0.05, 0) is 30.7 Å². The van der Waals surface area contributed by atoms with Crippen LogP contribution in [0.15, 0.2) is 30.5 Å². The summed E-state index contributed by atoms with van der Waals surface area (Å²) in [5.41, 5.74) is 2.32. The van der Waals surface area contributed by atoms with E-state index in [0.29, 0.717) is 21.6 Å². The van der Waals surface area contributed by atoms with E-state index >= 15 is 0 Å². The molecule has 25 heavy (non-hydrogen) atoms. The zero-order valence-electron chi connectivity index (χ0n) is 13.4. The summed E-state index contributed by atoms with van der Waals surface area (Å²) < 4.78 is 6.39. The van der Waals surface area contributed by atoms with Crippen molar-refractivity contribution in [1.29, 1.82) is 5.26 Å². The molecule has 1 atom stereocenters. The minimum absolute atomic E-state index is 0.164. The highest BCUT2D eigenvalue weighted by Gasteiger charge is 2.12. The molecule has 0 bridgehead atoms. The van der Waals surface area contributed by atoms with Crippen LogP contribution in [-0.4, -0.2) is 22.0 Å². The SMILES string of the molecule is CC(=O)Nc1nc2ccc(-c3cc(OC(C)C#N)cnc3Cl)cc2s1. The van der Waals surface area contributed by atoms with Gasteiger partial charge in [-0.1, -0.05) is 29.0 Å². The zero-order chi connectivity index (χ0) is 18.0. The molecule has 2 heterocycles. The first-order valence-electron chi connectivity index (χ1n) is 7.36. The van der Waals surface area contributed by atoms with E-state index in [1.807, 2.05) is 24.3 Å². The predicted octanol–water partition coefficient (Wildman–Crippen LogP) is 4.26. The molecule has 0 saturated carbocycles. The van der Waals surface area contributed by atoms with Gasteiger partial charge in [-0.15, -0.1) is 0 Å². The van der Waals surface area contributed by atoms with Crippen molar-refractivity contribution in [3.05, 3.63) is 35.6 Å². The van der Waals surface area contributed by atoms with Crippen molar-refractivity contribution in [2.24, 2.45) is 0 Å². The van der Waals surface area contributed by atoms with E-state index in [0.717, 1.165) is 15.8 Å². The Morgan fingerprint density at radius 1 is 1.44 bits per heavy atom. The number of aromatic nitrogens is 2. The lowest BCUT2D eigenvalue weighted by Gasteiger charge is -2.10. The number of hydrogen-bond acceptors (Lipinski definition) is 6. The lowest BCUT2D eigenvalue weighted by Crippen LogP contribution is -2.08. The number of carbonyl (C=O) groups is 1. The molecule has 126 valence electrons. The molecule has 0 fully saturated rings. The normalized spacial score (nSPS) is 11.8. The Labute approximate surface area is 153 Å². The number of anilines is 1. The van der Waals surface area contributed by atoms with Crippen molar-refractivity contribution in [1.82, 2.24) is 9.97 Å². The van der Waals surface area contributed by atoms with Gasteiger partial charge < -0.3 is 10.1 Å². The lowest BCUT2D eigenvalue weighted by atomic mass is 10.1. The number of nitriles is 1. The fourth-order valence-electron chi connectivity index (χ4n) is 2.22. The van der Waals surface area contributed by atoms with Crippen LogP contribution in [0.25, 0.3) is 21.3 Å². The molecule has 0 radical (unpaired) electrons. The van der Waals surface area contributed by atoms with Crippen LogP contribution in [0.3, 0.4) is 0 Å². The van der Waals surface area contributed by atoms with Gasteiger partial charge in [0.25, 0.3) is 0 Å². The molecule has 1 amide bonds. The first-order chi connectivity index (χ1) is 12.0.